The van der Waals surface area contributed by atoms with Gasteiger partial charge in [-0.2, -0.15) is 5.10 Å². The van der Waals surface area contributed by atoms with Crippen molar-refractivity contribution in [3.63, 3.8) is 0 Å². The van der Waals surface area contributed by atoms with Crippen molar-refractivity contribution in [3.05, 3.63) is 45.4 Å². The summed E-state index contributed by atoms with van der Waals surface area (Å²) in [7, 11) is 0. The summed E-state index contributed by atoms with van der Waals surface area (Å²) in [6.45, 7) is 0. The van der Waals surface area contributed by atoms with Crippen molar-refractivity contribution in [1.29, 1.82) is 0 Å². The molecule has 100 valence electrons. The molecule has 1 aromatic heterocycles. The minimum atomic E-state index is 0.0126. The van der Waals surface area contributed by atoms with Crippen LogP contribution in [0.1, 0.15) is 29.9 Å². The van der Waals surface area contributed by atoms with Gasteiger partial charge in [0.15, 0.2) is 5.82 Å². The van der Waals surface area contributed by atoms with Gasteiger partial charge >= 0.3 is 0 Å². The highest BCUT2D eigenvalue weighted by Gasteiger charge is 2.29. The van der Waals surface area contributed by atoms with E-state index in [0.717, 1.165) is 17.0 Å². The zero-order valence-corrected chi connectivity index (χ0v) is 11.5. The fraction of sp³-hybridized carbons (Fsp3) is 0.273. The van der Waals surface area contributed by atoms with Gasteiger partial charge in [0, 0.05) is 11.1 Å². The number of hydrazine groups is 1. The maximum atomic E-state index is 5.88. The van der Waals surface area contributed by atoms with Crippen molar-refractivity contribution in [1.82, 2.24) is 25.7 Å². The molecule has 2 aromatic rings. The third kappa shape index (κ3) is 2.37. The number of halogens is 1. The van der Waals surface area contributed by atoms with E-state index in [2.05, 4.69) is 21.0 Å². The molecule has 8 heteroatoms. The van der Waals surface area contributed by atoms with Gasteiger partial charge < -0.3 is 5.84 Å². The number of nitrogens with two attached hydrogens (primary N) is 1. The van der Waals surface area contributed by atoms with Crippen LogP contribution in [0.4, 0.5) is 0 Å². The molecule has 1 aromatic carbocycles. The van der Waals surface area contributed by atoms with E-state index >= 15 is 0 Å². The van der Waals surface area contributed by atoms with Crippen LogP contribution in [0.25, 0.3) is 0 Å². The van der Waals surface area contributed by atoms with E-state index in [9.17, 15) is 0 Å². The number of hydrogen-bond donors (Lipinski definition) is 4. The summed E-state index contributed by atoms with van der Waals surface area (Å²) in [5.41, 5.74) is 7.57. The number of H-pyrrole nitrogens is 1. The first-order valence-electron chi connectivity index (χ1n) is 5.84. The van der Waals surface area contributed by atoms with Crippen LogP contribution in [0.3, 0.4) is 0 Å². The molecular formula is C11H13ClN6S. The second-order valence-electron chi connectivity index (χ2n) is 4.44. The summed E-state index contributed by atoms with van der Waals surface area (Å²) in [4.78, 5) is 0. The Balaban J connectivity index is 1.79. The normalized spacial score (nSPS) is 22.8. The van der Waals surface area contributed by atoms with Gasteiger partial charge in [0.1, 0.15) is 0 Å². The molecule has 19 heavy (non-hydrogen) atoms. The van der Waals surface area contributed by atoms with Crippen LogP contribution >= 0.6 is 23.8 Å². The predicted molar refractivity (Wildman–Crippen MR) is 75.4 cm³/mol. The lowest BCUT2D eigenvalue weighted by molar-refractivity contribution is 0.532. The van der Waals surface area contributed by atoms with Crippen LogP contribution < -0.4 is 16.7 Å². The van der Waals surface area contributed by atoms with E-state index in [4.69, 9.17) is 29.7 Å². The van der Waals surface area contributed by atoms with Gasteiger partial charge in [-0.3, -0.25) is 5.10 Å². The number of nitrogens with zero attached hydrogens (tertiary/aromatic N) is 2. The van der Waals surface area contributed by atoms with Crippen LogP contribution in [-0.2, 0) is 0 Å². The van der Waals surface area contributed by atoms with Crippen LogP contribution in [0.5, 0.6) is 0 Å². The van der Waals surface area contributed by atoms with E-state index < -0.39 is 0 Å². The zero-order chi connectivity index (χ0) is 13.4. The molecule has 0 radical (unpaired) electrons. The van der Waals surface area contributed by atoms with Gasteiger partial charge in [-0.05, 0) is 36.3 Å². The molecule has 1 fully saturated rings. The first-order chi connectivity index (χ1) is 9.15. The van der Waals surface area contributed by atoms with E-state index in [-0.39, 0.29) is 12.1 Å². The van der Waals surface area contributed by atoms with Gasteiger partial charge in [0.05, 0.1) is 6.04 Å². The van der Waals surface area contributed by atoms with Crippen molar-refractivity contribution in [2.24, 2.45) is 0 Å². The summed E-state index contributed by atoms with van der Waals surface area (Å²) >= 11 is 10.9. The molecule has 1 aliphatic rings. The Bertz CT molecular complexity index is 633. The third-order valence-electron chi connectivity index (χ3n) is 3.22. The number of aromatic amines is 1. The predicted octanol–water partition coefficient (Wildman–Crippen LogP) is 1.59. The van der Waals surface area contributed by atoms with Crippen molar-refractivity contribution < 1.29 is 0 Å². The molecule has 0 bridgehead atoms. The molecule has 0 amide bonds. The highest BCUT2D eigenvalue weighted by Crippen LogP contribution is 2.29. The van der Waals surface area contributed by atoms with Gasteiger partial charge in [-0.25, -0.2) is 15.5 Å². The highest BCUT2D eigenvalue weighted by molar-refractivity contribution is 7.71. The molecule has 0 spiro atoms. The number of nitrogens with one attached hydrogen (secondary N) is 3. The number of nitrogen functional groups attached to an aromatic ring is 1. The molecule has 5 N–H and O–H groups in total. The Labute approximate surface area is 119 Å². The molecule has 2 unspecified atom stereocenters. The zero-order valence-electron chi connectivity index (χ0n) is 9.93. The molecular weight excluding hydrogens is 284 g/mol. The van der Waals surface area contributed by atoms with Gasteiger partial charge in [0.25, 0.3) is 0 Å². The van der Waals surface area contributed by atoms with Crippen LogP contribution in [0, 0.1) is 4.77 Å². The lowest BCUT2D eigenvalue weighted by Gasteiger charge is -2.09. The number of hydrogen-bond acceptors (Lipinski definition) is 5. The summed E-state index contributed by atoms with van der Waals surface area (Å²) in [5, 5.41) is 7.55. The van der Waals surface area contributed by atoms with Crippen LogP contribution in [0.15, 0.2) is 24.3 Å². The first kappa shape index (κ1) is 12.6. The van der Waals surface area contributed by atoms with Gasteiger partial charge in [-0.15, -0.1) is 0 Å². The maximum Gasteiger partial charge on any atom is 0.214 e. The fourth-order valence-electron chi connectivity index (χ4n) is 2.20. The number of aromatic nitrogens is 3. The summed E-state index contributed by atoms with van der Waals surface area (Å²) in [6, 6.07) is 7.97. The largest absolute Gasteiger partial charge is 0.335 e. The van der Waals surface area contributed by atoms with Crippen molar-refractivity contribution in [2.75, 3.05) is 5.84 Å². The van der Waals surface area contributed by atoms with Crippen molar-refractivity contribution in [2.45, 2.75) is 18.5 Å². The third-order valence-corrected chi connectivity index (χ3v) is 3.76. The van der Waals surface area contributed by atoms with Gasteiger partial charge in [0.2, 0.25) is 4.77 Å². The SMILES string of the molecule is Nn1c(C2CC(c3ccc(Cl)cc3)NN2)n[nH]c1=S. The summed E-state index contributed by atoms with van der Waals surface area (Å²) < 4.78 is 1.80. The second kappa shape index (κ2) is 4.93. The molecule has 2 heterocycles. The molecule has 1 aliphatic heterocycles. The smallest absolute Gasteiger partial charge is 0.214 e. The Kier molecular flexibility index (Phi) is 3.28. The minimum Gasteiger partial charge on any atom is -0.335 e. The fourth-order valence-corrected chi connectivity index (χ4v) is 2.47. The van der Waals surface area contributed by atoms with E-state index in [0.29, 0.717) is 10.6 Å². The second-order valence-corrected chi connectivity index (χ2v) is 5.26. The average Bonchev–Trinajstić information content (AvgIpc) is 2.99. The van der Waals surface area contributed by atoms with Crippen LogP contribution in [0.2, 0.25) is 5.02 Å². The Morgan fingerprint density at radius 2 is 1.95 bits per heavy atom. The van der Waals surface area contributed by atoms with Crippen molar-refractivity contribution >= 4 is 23.8 Å². The van der Waals surface area contributed by atoms with Crippen LogP contribution in [-0.4, -0.2) is 14.9 Å². The Hall–Kier alpha value is -1.41. The standard InChI is InChI=1S/C11H13ClN6S/c12-7-3-1-6(2-4-7)8-5-9(15-14-8)10-16-17-11(19)18(10)13/h1-4,8-9,14-15H,5,13H2,(H,17,19). The maximum absolute atomic E-state index is 5.88. The molecule has 0 aliphatic carbocycles. The molecule has 0 saturated carbocycles. The highest BCUT2D eigenvalue weighted by atomic mass is 35.5. The summed E-state index contributed by atoms with van der Waals surface area (Å²) in [6.07, 6.45) is 0.832. The molecule has 6 nitrogen and oxygen atoms in total. The minimum absolute atomic E-state index is 0.0126. The Morgan fingerprint density at radius 3 is 2.58 bits per heavy atom. The number of benzene rings is 1. The topological polar surface area (TPSA) is 83.7 Å². The van der Waals surface area contributed by atoms with E-state index in [1.165, 1.54) is 4.68 Å². The lowest BCUT2D eigenvalue weighted by atomic mass is 10.0. The molecule has 1 saturated heterocycles. The molecule has 3 rings (SSSR count). The average molecular weight is 297 g/mol. The quantitative estimate of drug-likeness (QED) is 0.500. The summed E-state index contributed by atoms with van der Waals surface area (Å²) in [5.74, 6) is 6.51. The monoisotopic (exact) mass is 296 g/mol. The number of rotatable bonds is 2. The van der Waals surface area contributed by atoms with E-state index in [1.807, 2.05) is 24.3 Å². The molecule has 2 atom stereocenters. The lowest BCUT2D eigenvalue weighted by Crippen LogP contribution is -2.29. The Morgan fingerprint density at radius 1 is 1.26 bits per heavy atom. The van der Waals surface area contributed by atoms with E-state index in [1.54, 1.807) is 0 Å². The van der Waals surface area contributed by atoms with Gasteiger partial charge in [-0.1, -0.05) is 23.7 Å². The van der Waals surface area contributed by atoms with Crippen molar-refractivity contribution in [3.8, 4) is 0 Å². The first-order valence-corrected chi connectivity index (χ1v) is 6.62.